The number of carbonyl (C=O) groups excluding carboxylic acids is 1. The molecule has 0 bridgehead atoms. The lowest BCUT2D eigenvalue weighted by Crippen LogP contribution is -2.23. The highest BCUT2D eigenvalue weighted by atomic mass is 32.2. The van der Waals surface area contributed by atoms with Gasteiger partial charge >= 0.3 is 0 Å². The number of hydrogen-bond donors (Lipinski definition) is 1. The fourth-order valence-corrected chi connectivity index (χ4v) is 3.83. The van der Waals surface area contributed by atoms with Gasteiger partial charge < -0.3 is 5.32 Å². The lowest BCUT2D eigenvalue weighted by atomic mass is 10.3. The second-order valence-electron chi connectivity index (χ2n) is 3.72. The van der Waals surface area contributed by atoms with Gasteiger partial charge in [0.2, 0.25) is 0 Å². The Balaban J connectivity index is 2.09. The number of thioether (sulfide) groups is 2. The third-order valence-corrected chi connectivity index (χ3v) is 5.17. The number of nitrogens with one attached hydrogen (secondary N) is 1. The van der Waals surface area contributed by atoms with Gasteiger partial charge in [0.25, 0.3) is 5.91 Å². The van der Waals surface area contributed by atoms with Gasteiger partial charge in [0.15, 0.2) is 0 Å². The predicted molar refractivity (Wildman–Crippen MR) is 80.1 cm³/mol. The minimum Gasteiger partial charge on any atom is -0.346 e. The summed E-state index contributed by atoms with van der Waals surface area (Å²) in [5.41, 5.74) is 1.52. The van der Waals surface area contributed by atoms with Crippen molar-refractivity contribution >= 4 is 41.0 Å². The van der Waals surface area contributed by atoms with Gasteiger partial charge in [-0.15, -0.1) is 23.5 Å². The van der Waals surface area contributed by atoms with E-state index in [1.54, 1.807) is 16.4 Å². The van der Waals surface area contributed by atoms with Crippen molar-refractivity contribution in [3.8, 4) is 0 Å². The summed E-state index contributed by atoms with van der Waals surface area (Å²) in [6, 6.07) is 1.89. The Bertz CT molecular complexity index is 557. The largest absolute Gasteiger partial charge is 0.346 e. The third kappa shape index (κ3) is 3.31. The third-order valence-electron chi connectivity index (χ3n) is 2.43. The molecule has 1 amide bonds. The molecule has 102 valence electrons. The van der Waals surface area contributed by atoms with Gasteiger partial charge in [0.1, 0.15) is 5.03 Å². The molecule has 0 aromatic carbocycles. The van der Waals surface area contributed by atoms with Crippen molar-refractivity contribution in [3.63, 3.8) is 0 Å². The van der Waals surface area contributed by atoms with E-state index in [9.17, 15) is 4.79 Å². The number of nitrogens with zero attached hydrogens (tertiary/aromatic N) is 3. The second-order valence-corrected chi connectivity index (χ2v) is 6.37. The number of aromatic nitrogens is 3. The van der Waals surface area contributed by atoms with E-state index in [4.69, 9.17) is 0 Å². The zero-order valence-electron chi connectivity index (χ0n) is 10.8. The molecule has 2 heterocycles. The molecule has 0 atom stereocenters. The highest BCUT2D eigenvalue weighted by molar-refractivity contribution is 8.01. The molecule has 5 nitrogen and oxygen atoms in total. The van der Waals surface area contributed by atoms with Crippen LogP contribution in [0.3, 0.4) is 0 Å². The maximum absolute atomic E-state index is 12.2. The van der Waals surface area contributed by atoms with Crippen LogP contribution in [0.15, 0.2) is 21.5 Å². The van der Waals surface area contributed by atoms with E-state index < -0.39 is 0 Å². The normalized spacial score (nSPS) is 10.7. The maximum Gasteiger partial charge on any atom is 0.256 e. The Morgan fingerprint density at radius 1 is 1.47 bits per heavy atom. The van der Waals surface area contributed by atoms with E-state index in [-0.39, 0.29) is 5.91 Å². The van der Waals surface area contributed by atoms with Gasteiger partial charge in [0.05, 0.1) is 22.0 Å². The standard InChI is InChI=1S/C11H14N4OS3/c1-15-5-4-7(13-15)6-12-9(16)8-10(17-2)14-19-11(8)18-3/h4-5H,6H2,1-3H3,(H,12,16). The Hall–Kier alpha value is -0.990. The highest BCUT2D eigenvalue weighted by Crippen LogP contribution is 2.32. The summed E-state index contributed by atoms with van der Waals surface area (Å²) in [5.74, 6) is -0.0897. The van der Waals surface area contributed by atoms with Crippen LogP contribution in [-0.2, 0) is 13.6 Å². The van der Waals surface area contributed by atoms with Crippen LogP contribution in [0.1, 0.15) is 16.1 Å². The Morgan fingerprint density at radius 2 is 2.26 bits per heavy atom. The zero-order chi connectivity index (χ0) is 13.8. The smallest absolute Gasteiger partial charge is 0.256 e. The fourth-order valence-electron chi connectivity index (χ4n) is 1.55. The average Bonchev–Trinajstić information content (AvgIpc) is 3.01. The van der Waals surface area contributed by atoms with Crippen molar-refractivity contribution in [3.05, 3.63) is 23.5 Å². The average molecular weight is 314 g/mol. The minimum absolute atomic E-state index is 0.0897. The fraction of sp³-hybridized carbons (Fsp3) is 0.364. The van der Waals surface area contributed by atoms with Gasteiger partial charge in [-0.05, 0) is 30.1 Å². The Morgan fingerprint density at radius 3 is 2.84 bits per heavy atom. The molecular formula is C11H14N4OS3. The lowest BCUT2D eigenvalue weighted by Gasteiger charge is -2.04. The second kappa shape index (κ2) is 6.44. The first kappa shape index (κ1) is 14.4. The molecule has 0 unspecified atom stereocenters. The van der Waals surface area contributed by atoms with Crippen LogP contribution in [0.2, 0.25) is 0 Å². The summed E-state index contributed by atoms with van der Waals surface area (Å²) >= 11 is 4.41. The van der Waals surface area contributed by atoms with E-state index in [1.165, 1.54) is 23.3 Å². The molecule has 0 saturated heterocycles. The van der Waals surface area contributed by atoms with E-state index in [0.717, 1.165) is 14.9 Å². The molecule has 2 rings (SSSR count). The van der Waals surface area contributed by atoms with Crippen LogP contribution in [-0.4, -0.2) is 32.6 Å². The minimum atomic E-state index is -0.0897. The Labute approximate surface area is 124 Å². The van der Waals surface area contributed by atoms with Gasteiger partial charge in [-0.2, -0.15) is 9.47 Å². The first-order valence-corrected chi connectivity index (χ1v) is 8.72. The van der Waals surface area contributed by atoms with Crippen LogP contribution in [0.4, 0.5) is 0 Å². The van der Waals surface area contributed by atoms with Crippen LogP contribution >= 0.6 is 35.1 Å². The van der Waals surface area contributed by atoms with Crippen molar-refractivity contribution in [1.29, 1.82) is 0 Å². The Kier molecular flexibility index (Phi) is 4.89. The van der Waals surface area contributed by atoms with E-state index >= 15 is 0 Å². The monoisotopic (exact) mass is 314 g/mol. The van der Waals surface area contributed by atoms with Gasteiger partial charge in [0, 0.05) is 13.2 Å². The molecule has 0 aliphatic carbocycles. The van der Waals surface area contributed by atoms with Crippen molar-refractivity contribution in [2.24, 2.45) is 7.05 Å². The summed E-state index contributed by atoms with van der Waals surface area (Å²) in [4.78, 5) is 12.2. The van der Waals surface area contributed by atoms with Crippen LogP contribution in [0, 0.1) is 0 Å². The molecule has 8 heteroatoms. The highest BCUT2D eigenvalue weighted by Gasteiger charge is 2.19. The maximum atomic E-state index is 12.2. The summed E-state index contributed by atoms with van der Waals surface area (Å²) in [5, 5.41) is 7.90. The number of amides is 1. The molecule has 0 spiro atoms. The quantitative estimate of drug-likeness (QED) is 0.858. The van der Waals surface area contributed by atoms with E-state index in [0.29, 0.717) is 12.1 Å². The van der Waals surface area contributed by atoms with Crippen LogP contribution in [0.5, 0.6) is 0 Å². The van der Waals surface area contributed by atoms with E-state index in [1.807, 2.05) is 31.8 Å². The van der Waals surface area contributed by atoms with Crippen molar-refractivity contribution in [1.82, 2.24) is 19.5 Å². The summed E-state index contributed by atoms with van der Waals surface area (Å²) in [7, 11) is 1.85. The first-order chi connectivity index (χ1) is 9.15. The molecule has 0 aliphatic rings. The van der Waals surface area contributed by atoms with Gasteiger partial charge in [-0.25, -0.2) is 0 Å². The number of carbonyl (C=O) groups is 1. The molecule has 0 saturated carbocycles. The molecular weight excluding hydrogens is 300 g/mol. The summed E-state index contributed by atoms with van der Waals surface area (Å²) < 4.78 is 6.95. The number of hydrogen-bond acceptors (Lipinski definition) is 6. The SMILES string of the molecule is CSc1nsc(SC)c1C(=O)NCc1ccn(C)n1. The van der Waals surface area contributed by atoms with E-state index in [2.05, 4.69) is 14.8 Å². The van der Waals surface area contributed by atoms with Crippen molar-refractivity contribution in [2.75, 3.05) is 12.5 Å². The summed E-state index contributed by atoms with van der Waals surface area (Å²) in [6.45, 7) is 0.428. The van der Waals surface area contributed by atoms with Crippen molar-refractivity contribution < 1.29 is 4.79 Å². The van der Waals surface area contributed by atoms with Gasteiger partial charge in [-0.1, -0.05) is 0 Å². The molecule has 0 fully saturated rings. The van der Waals surface area contributed by atoms with Crippen LogP contribution < -0.4 is 5.32 Å². The van der Waals surface area contributed by atoms with Crippen molar-refractivity contribution in [2.45, 2.75) is 15.8 Å². The zero-order valence-corrected chi connectivity index (χ0v) is 13.3. The number of aryl methyl sites for hydroxylation is 1. The molecule has 19 heavy (non-hydrogen) atoms. The summed E-state index contributed by atoms with van der Waals surface area (Å²) in [6.07, 6.45) is 5.73. The molecule has 2 aromatic rings. The first-order valence-electron chi connectivity index (χ1n) is 5.50. The molecule has 1 N–H and O–H groups in total. The lowest BCUT2D eigenvalue weighted by molar-refractivity contribution is 0.0945. The van der Waals surface area contributed by atoms with Crippen LogP contribution in [0.25, 0.3) is 0 Å². The molecule has 2 aromatic heterocycles. The molecule has 0 radical (unpaired) electrons. The topological polar surface area (TPSA) is 59.8 Å². The predicted octanol–water partition coefficient (Wildman–Crippen LogP) is 2.25. The van der Waals surface area contributed by atoms with Gasteiger partial charge in [-0.3, -0.25) is 9.48 Å². The number of rotatable bonds is 5. The molecule has 0 aliphatic heterocycles.